The summed E-state index contributed by atoms with van der Waals surface area (Å²) < 4.78 is 30.4. The highest BCUT2D eigenvalue weighted by molar-refractivity contribution is 7.89. The first kappa shape index (κ1) is 13.5. The molecule has 0 aliphatic carbocycles. The normalized spacial score (nSPS) is 11.1. The van der Waals surface area contributed by atoms with Crippen molar-refractivity contribution >= 4 is 16.0 Å². The quantitative estimate of drug-likeness (QED) is 0.773. The molecule has 1 rings (SSSR count). The van der Waals surface area contributed by atoms with E-state index in [1.54, 1.807) is 13.0 Å². The second-order valence-electron chi connectivity index (χ2n) is 3.13. The van der Waals surface area contributed by atoms with Crippen LogP contribution >= 0.6 is 0 Å². The number of sulfonamides is 1. The Bertz CT molecular complexity index is 497. The van der Waals surface area contributed by atoms with Crippen molar-refractivity contribution in [2.24, 2.45) is 0 Å². The lowest BCUT2D eigenvalue weighted by Crippen LogP contribution is -2.29. The Balaban J connectivity index is 2.90. The van der Waals surface area contributed by atoms with Gasteiger partial charge in [0.05, 0.1) is 11.5 Å². The molecule has 7 heteroatoms. The summed E-state index contributed by atoms with van der Waals surface area (Å²) in [4.78, 5) is 10.3. The van der Waals surface area contributed by atoms with E-state index in [0.29, 0.717) is 12.4 Å². The molecule has 1 aromatic carbocycles. The molecular formula is C10H13NO5S. The number of hydrogen-bond acceptors (Lipinski definition) is 4. The van der Waals surface area contributed by atoms with Gasteiger partial charge in [-0.1, -0.05) is 6.07 Å². The summed E-state index contributed by atoms with van der Waals surface area (Å²) in [6.07, 6.45) is 0. The van der Waals surface area contributed by atoms with Crippen LogP contribution in [0.4, 0.5) is 0 Å². The molecule has 0 bridgehead atoms. The highest BCUT2D eigenvalue weighted by Gasteiger charge is 2.15. The number of carboxylic acids is 1. The van der Waals surface area contributed by atoms with Gasteiger partial charge in [0.1, 0.15) is 12.3 Å². The number of nitrogens with one attached hydrogen (secondary N) is 1. The maximum absolute atomic E-state index is 11.7. The average molecular weight is 259 g/mol. The van der Waals surface area contributed by atoms with Crippen LogP contribution in [-0.4, -0.2) is 32.6 Å². The second kappa shape index (κ2) is 5.65. The van der Waals surface area contributed by atoms with Crippen molar-refractivity contribution in [2.45, 2.75) is 11.8 Å². The minimum atomic E-state index is -3.81. The molecule has 0 heterocycles. The van der Waals surface area contributed by atoms with E-state index < -0.39 is 22.5 Å². The van der Waals surface area contributed by atoms with Crippen LogP contribution in [-0.2, 0) is 14.8 Å². The van der Waals surface area contributed by atoms with Gasteiger partial charge < -0.3 is 9.84 Å². The number of ether oxygens (including phenoxy) is 1. The van der Waals surface area contributed by atoms with E-state index in [4.69, 9.17) is 9.84 Å². The molecule has 0 spiro atoms. The molecule has 0 fully saturated rings. The van der Waals surface area contributed by atoms with Crippen LogP contribution in [0.1, 0.15) is 6.92 Å². The molecular weight excluding hydrogens is 246 g/mol. The Hall–Kier alpha value is -1.60. The first-order chi connectivity index (χ1) is 7.95. The van der Waals surface area contributed by atoms with Gasteiger partial charge >= 0.3 is 5.97 Å². The van der Waals surface area contributed by atoms with Crippen molar-refractivity contribution in [3.05, 3.63) is 24.3 Å². The maximum atomic E-state index is 11.7. The van der Waals surface area contributed by atoms with Crippen molar-refractivity contribution in [3.63, 3.8) is 0 Å². The van der Waals surface area contributed by atoms with Crippen LogP contribution in [0, 0.1) is 0 Å². The van der Waals surface area contributed by atoms with Crippen LogP contribution in [0.3, 0.4) is 0 Å². The number of carbonyl (C=O) groups is 1. The fraction of sp³-hybridized carbons (Fsp3) is 0.300. The third-order valence-corrected chi connectivity index (χ3v) is 3.24. The van der Waals surface area contributed by atoms with E-state index >= 15 is 0 Å². The maximum Gasteiger partial charge on any atom is 0.318 e. The van der Waals surface area contributed by atoms with E-state index in [1.807, 2.05) is 4.72 Å². The fourth-order valence-electron chi connectivity index (χ4n) is 1.14. The molecule has 0 amide bonds. The van der Waals surface area contributed by atoms with Gasteiger partial charge in [0.25, 0.3) is 0 Å². The fourth-order valence-corrected chi connectivity index (χ4v) is 2.15. The average Bonchev–Trinajstić information content (AvgIpc) is 2.27. The van der Waals surface area contributed by atoms with Gasteiger partial charge in [0.15, 0.2) is 0 Å². The summed E-state index contributed by atoms with van der Waals surface area (Å²) in [5.41, 5.74) is 0. The highest BCUT2D eigenvalue weighted by Crippen LogP contribution is 2.17. The molecule has 0 atom stereocenters. The monoisotopic (exact) mass is 259 g/mol. The molecule has 0 aromatic heterocycles. The zero-order chi connectivity index (χ0) is 12.9. The molecule has 1 aromatic rings. The molecule has 2 N–H and O–H groups in total. The lowest BCUT2D eigenvalue weighted by atomic mass is 10.3. The van der Waals surface area contributed by atoms with Crippen LogP contribution in [0.15, 0.2) is 29.2 Å². The summed E-state index contributed by atoms with van der Waals surface area (Å²) in [5, 5.41) is 8.41. The highest BCUT2D eigenvalue weighted by atomic mass is 32.2. The number of hydrogen-bond donors (Lipinski definition) is 2. The second-order valence-corrected chi connectivity index (χ2v) is 4.89. The standard InChI is InChI=1S/C10H13NO5S/c1-2-16-8-4-3-5-9(6-8)17(14,15)11-7-10(12)13/h3-6,11H,2,7H2,1H3,(H,12,13). The molecule has 17 heavy (non-hydrogen) atoms. The Labute approximate surface area is 99.3 Å². The summed E-state index contributed by atoms with van der Waals surface area (Å²) in [6, 6.07) is 5.86. The molecule has 0 saturated heterocycles. The van der Waals surface area contributed by atoms with E-state index in [9.17, 15) is 13.2 Å². The van der Waals surface area contributed by atoms with Crippen molar-refractivity contribution in [3.8, 4) is 5.75 Å². The van der Waals surface area contributed by atoms with Gasteiger partial charge in [-0.25, -0.2) is 8.42 Å². The third-order valence-electron chi connectivity index (χ3n) is 1.84. The van der Waals surface area contributed by atoms with E-state index in [1.165, 1.54) is 18.2 Å². The van der Waals surface area contributed by atoms with E-state index in [0.717, 1.165) is 0 Å². The Morgan fingerprint density at radius 1 is 1.47 bits per heavy atom. The van der Waals surface area contributed by atoms with Crippen LogP contribution < -0.4 is 9.46 Å². The number of rotatable bonds is 6. The van der Waals surface area contributed by atoms with E-state index in [2.05, 4.69) is 0 Å². The Kier molecular flexibility index (Phi) is 4.47. The van der Waals surface area contributed by atoms with Crippen molar-refractivity contribution < 1.29 is 23.1 Å². The van der Waals surface area contributed by atoms with Gasteiger partial charge in [-0.15, -0.1) is 0 Å². The molecule has 0 saturated carbocycles. The van der Waals surface area contributed by atoms with Gasteiger partial charge in [0, 0.05) is 6.07 Å². The Morgan fingerprint density at radius 2 is 2.18 bits per heavy atom. The van der Waals surface area contributed by atoms with Crippen molar-refractivity contribution in [2.75, 3.05) is 13.2 Å². The minimum Gasteiger partial charge on any atom is -0.494 e. The summed E-state index contributed by atoms with van der Waals surface area (Å²) in [6.45, 7) is 1.55. The first-order valence-electron chi connectivity index (χ1n) is 4.90. The lowest BCUT2D eigenvalue weighted by Gasteiger charge is -2.07. The molecule has 0 aliphatic heterocycles. The molecule has 0 radical (unpaired) electrons. The summed E-state index contributed by atoms with van der Waals surface area (Å²) in [5.74, 6) is -0.819. The van der Waals surface area contributed by atoms with Crippen molar-refractivity contribution in [1.29, 1.82) is 0 Å². The molecule has 0 aliphatic rings. The largest absolute Gasteiger partial charge is 0.494 e. The number of aliphatic carboxylic acids is 1. The predicted octanol–water partition coefficient (Wildman–Crippen LogP) is 0.448. The summed E-state index contributed by atoms with van der Waals surface area (Å²) in [7, 11) is -3.81. The van der Waals surface area contributed by atoms with Crippen LogP contribution in [0.25, 0.3) is 0 Å². The predicted molar refractivity (Wildman–Crippen MR) is 60.4 cm³/mol. The molecule has 0 unspecified atom stereocenters. The smallest absolute Gasteiger partial charge is 0.318 e. The number of carboxylic acid groups (broad SMARTS) is 1. The van der Waals surface area contributed by atoms with Gasteiger partial charge in [0.2, 0.25) is 10.0 Å². The zero-order valence-corrected chi connectivity index (χ0v) is 10.0. The molecule has 94 valence electrons. The van der Waals surface area contributed by atoms with Crippen LogP contribution in [0.2, 0.25) is 0 Å². The topological polar surface area (TPSA) is 92.7 Å². The first-order valence-corrected chi connectivity index (χ1v) is 6.38. The van der Waals surface area contributed by atoms with E-state index in [-0.39, 0.29) is 4.90 Å². The lowest BCUT2D eigenvalue weighted by molar-refractivity contribution is -0.135. The van der Waals surface area contributed by atoms with Gasteiger partial charge in [-0.3, -0.25) is 4.79 Å². The third kappa shape index (κ3) is 4.04. The van der Waals surface area contributed by atoms with Crippen molar-refractivity contribution in [1.82, 2.24) is 4.72 Å². The molecule has 6 nitrogen and oxygen atoms in total. The Morgan fingerprint density at radius 3 is 2.76 bits per heavy atom. The van der Waals surface area contributed by atoms with Gasteiger partial charge in [-0.05, 0) is 19.1 Å². The van der Waals surface area contributed by atoms with Crippen LogP contribution in [0.5, 0.6) is 5.75 Å². The van der Waals surface area contributed by atoms with Gasteiger partial charge in [-0.2, -0.15) is 4.72 Å². The SMILES string of the molecule is CCOc1cccc(S(=O)(=O)NCC(=O)O)c1. The zero-order valence-electron chi connectivity index (χ0n) is 9.21. The minimum absolute atomic E-state index is 0.0234. The number of benzene rings is 1. The summed E-state index contributed by atoms with van der Waals surface area (Å²) >= 11 is 0.